The van der Waals surface area contributed by atoms with Gasteiger partial charge >= 0.3 is 5.97 Å². The number of carbonyl (C=O) groups excluding carboxylic acids is 2. The maximum absolute atomic E-state index is 10.7. The second-order valence-corrected chi connectivity index (χ2v) is 2.58. The minimum absolute atomic E-state index is 0.254. The molecule has 11 heavy (non-hydrogen) atoms. The fourth-order valence-electron chi connectivity index (χ4n) is 0.664. The van der Waals surface area contributed by atoms with Gasteiger partial charge in [-0.05, 0) is 5.92 Å². The van der Waals surface area contributed by atoms with Crippen LogP contribution >= 0.6 is 0 Å². The maximum Gasteiger partial charge on any atom is 0.372 e. The number of hydrogen-bond donors (Lipinski definition) is 1. The Balaban J connectivity index is 4.39. The third-order valence-corrected chi connectivity index (χ3v) is 1.38. The van der Waals surface area contributed by atoms with E-state index in [2.05, 4.69) is 0 Å². The summed E-state index contributed by atoms with van der Waals surface area (Å²) in [5.41, 5.74) is 0. The van der Waals surface area contributed by atoms with Gasteiger partial charge in [0, 0.05) is 0 Å². The molecule has 0 fully saturated rings. The van der Waals surface area contributed by atoms with Crippen LogP contribution in [-0.2, 0) is 14.4 Å². The topological polar surface area (TPSA) is 71.4 Å². The highest BCUT2D eigenvalue weighted by atomic mass is 16.4. The molecule has 0 aliphatic carbocycles. The molecule has 1 atom stereocenters. The van der Waals surface area contributed by atoms with Gasteiger partial charge in [-0.15, -0.1) is 0 Å². The van der Waals surface area contributed by atoms with Crippen LogP contribution in [0.3, 0.4) is 0 Å². The summed E-state index contributed by atoms with van der Waals surface area (Å²) in [6.45, 7) is 3.25. The van der Waals surface area contributed by atoms with Crippen LogP contribution in [0.1, 0.15) is 13.8 Å². The first kappa shape index (κ1) is 9.81. The fourth-order valence-corrected chi connectivity index (χ4v) is 0.664. The molecule has 0 saturated heterocycles. The van der Waals surface area contributed by atoms with Crippen molar-refractivity contribution in [2.45, 2.75) is 13.8 Å². The molecule has 4 nitrogen and oxygen atoms in total. The van der Waals surface area contributed by atoms with E-state index in [0.717, 1.165) is 0 Å². The highest BCUT2D eigenvalue weighted by molar-refractivity contribution is 6.36. The van der Waals surface area contributed by atoms with Gasteiger partial charge in [0.1, 0.15) is 6.29 Å². The second kappa shape index (κ2) is 3.85. The second-order valence-electron chi connectivity index (χ2n) is 2.58. The van der Waals surface area contributed by atoms with Crippen molar-refractivity contribution in [3.63, 3.8) is 0 Å². The highest BCUT2D eigenvalue weighted by Crippen LogP contribution is 2.08. The minimum atomic E-state index is -1.55. The summed E-state index contributed by atoms with van der Waals surface area (Å²) in [7, 11) is 0. The van der Waals surface area contributed by atoms with Crippen LogP contribution in [0.25, 0.3) is 0 Å². The molecular weight excluding hydrogens is 148 g/mol. The lowest BCUT2D eigenvalue weighted by Gasteiger charge is -2.08. The smallest absolute Gasteiger partial charge is 0.372 e. The molecule has 1 N–H and O–H groups in total. The summed E-state index contributed by atoms with van der Waals surface area (Å²) in [4.78, 5) is 31.0. The first-order valence-electron chi connectivity index (χ1n) is 3.23. The molecule has 0 aromatic rings. The zero-order valence-electron chi connectivity index (χ0n) is 6.40. The van der Waals surface area contributed by atoms with Crippen molar-refractivity contribution in [2.75, 3.05) is 0 Å². The summed E-state index contributed by atoms with van der Waals surface area (Å²) < 4.78 is 0. The van der Waals surface area contributed by atoms with Gasteiger partial charge in [0.15, 0.2) is 0 Å². The van der Waals surface area contributed by atoms with Crippen molar-refractivity contribution in [3.8, 4) is 0 Å². The molecule has 0 aliphatic rings. The van der Waals surface area contributed by atoms with Crippen molar-refractivity contribution >= 4 is 18.0 Å². The molecule has 0 amide bonds. The summed E-state index contributed by atoms with van der Waals surface area (Å²) in [6, 6.07) is 0. The van der Waals surface area contributed by atoms with E-state index in [-0.39, 0.29) is 5.92 Å². The van der Waals surface area contributed by atoms with Crippen LogP contribution in [0.4, 0.5) is 0 Å². The van der Waals surface area contributed by atoms with Crippen molar-refractivity contribution in [2.24, 2.45) is 11.8 Å². The van der Waals surface area contributed by atoms with E-state index in [4.69, 9.17) is 5.11 Å². The van der Waals surface area contributed by atoms with Crippen LogP contribution < -0.4 is 0 Å². The maximum atomic E-state index is 10.7. The molecule has 0 rings (SSSR count). The summed E-state index contributed by atoms with van der Waals surface area (Å²) >= 11 is 0. The zero-order valence-corrected chi connectivity index (χ0v) is 6.40. The van der Waals surface area contributed by atoms with E-state index < -0.39 is 17.7 Å². The molecular formula is C7H10O4. The number of carbonyl (C=O) groups is 3. The normalized spacial score (nSPS) is 12.6. The third kappa shape index (κ3) is 2.49. The molecule has 0 aromatic heterocycles. The third-order valence-electron chi connectivity index (χ3n) is 1.38. The van der Waals surface area contributed by atoms with Crippen LogP contribution in [0.15, 0.2) is 0 Å². The monoisotopic (exact) mass is 158 g/mol. The quantitative estimate of drug-likeness (QED) is 0.358. The molecule has 0 spiro atoms. The predicted molar refractivity (Wildman–Crippen MR) is 37.0 cm³/mol. The van der Waals surface area contributed by atoms with Gasteiger partial charge in [-0.25, -0.2) is 4.79 Å². The van der Waals surface area contributed by atoms with Gasteiger partial charge < -0.3 is 9.90 Å². The first-order valence-corrected chi connectivity index (χ1v) is 3.23. The fraction of sp³-hybridized carbons (Fsp3) is 0.571. The Hall–Kier alpha value is -1.19. The van der Waals surface area contributed by atoms with Crippen LogP contribution in [0.2, 0.25) is 0 Å². The van der Waals surface area contributed by atoms with Crippen LogP contribution in [0.5, 0.6) is 0 Å². The number of aliphatic carboxylic acids is 1. The molecule has 0 saturated carbocycles. The Morgan fingerprint density at radius 2 is 1.82 bits per heavy atom. The Bertz CT molecular complexity index is 183. The van der Waals surface area contributed by atoms with E-state index >= 15 is 0 Å². The van der Waals surface area contributed by atoms with E-state index in [9.17, 15) is 14.4 Å². The number of carboxylic acids is 1. The molecule has 0 aliphatic heterocycles. The van der Waals surface area contributed by atoms with Gasteiger partial charge in [0.25, 0.3) is 0 Å². The van der Waals surface area contributed by atoms with Crippen molar-refractivity contribution < 1.29 is 19.5 Å². The Kier molecular flexibility index (Phi) is 3.44. The number of aldehydes is 1. The number of Topliss-reactive ketones (excluding diaryl/α,β-unsaturated/α-hetero) is 1. The highest BCUT2D eigenvalue weighted by Gasteiger charge is 2.26. The van der Waals surface area contributed by atoms with Crippen LogP contribution in [-0.4, -0.2) is 23.1 Å². The van der Waals surface area contributed by atoms with Crippen molar-refractivity contribution in [1.29, 1.82) is 0 Å². The largest absolute Gasteiger partial charge is 0.475 e. The summed E-state index contributed by atoms with van der Waals surface area (Å²) in [6.07, 6.45) is 0.376. The summed E-state index contributed by atoms with van der Waals surface area (Å²) in [5, 5.41) is 8.22. The minimum Gasteiger partial charge on any atom is -0.475 e. The SMILES string of the molecule is CC(C)C(C=O)C(=O)C(=O)O. The van der Waals surface area contributed by atoms with Crippen molar-refractivity contribution in [1.82, 2.24) is 0 Å². The predicted octanol–water partition coefficient (Wildman–Crippen LogP) is 0.111. The Labute approximate surface area is 64.2 Å². The van der Waals surface area contributed by atoms with Crippen LogP contribution in [0, 0.1) is 11.8 Å². The molecule has 0 radical (unpaired) electrons. The van der Waals surface area contributed by atoms with Gasteiger partial charge in [-0.3, -0.25) is 4.79 Å². The lowest BCUT2D eigenvalue weighted by Crippen LogP contribution is -2.28. The van der Waals surface area contributed by atoms with E-state index in [0.29, 0.717) is 6.29 Å². The Morgan fingerprint density at radius 1 is 1.36 bits per heavy atom. The average molecular weight is 158 g/mol. The first-order chi connectivity index (χ1) is 5.00. The number of hydrogen-bond acceptors (Lipinski definition) is 3. The summed E-state index contributed by atoms with van der Waals surface area (Å²) in [5.74, 6) is -3.84. The molecule has 0 heterocycles. The lowest BCUT2D eigenvalue weighted by molar-refractivity contribution is -0.152. The molecule has 0 bridgehead atoms. The lowest BCUT2D eigenvalue weighted by atomic mass is 9.93. The molecule has 62 valence electrons. The molecule has 1 unspecified atom stereocenters. The number of ketones is 1. The van der Waals surface area contributed by atoms with Gasteiger partial charge in [-0.2, -0.15) is 0 Å². The molecule has 4 heteroatoms. The molecule has 0 aromatic carbocycles. The number of rotatable bonds is 4. The average Bonchev–Trinajstić information content (AvgIpc) is 1.88. The van der Waals surface area contributed by atoms with Gasteiger partial charge in [0.2, 0.25) is 5.78 Å². The van der Waals surface area contributed by atoms with Crippen molar-refractivity contribution in [3.05, 3.63) is 0 Å². The van der Waals surface area contributed by atoms with E-state index in [1.807, 2.05) is 0 Å². The Morgan fingerprint density at radius 3 is 1.91 bits per heavy atom. The zero-order chi connectivity index (χ0) is 9.02. The van der Waals surface area contributed by atoms with E-state index in [1.54, 1.807) is 13.8 Å². The van der Waals surface area contributed by atoms with Gasteiger partial charge in [-0.1, -0.05) is 13.8 Å². The van der Waals surface area contributed by atoms with E-state index in [1.165, 1.54) is 0 Å². The number of carboxylic acid groups (broad SMARTS) is 1. The standard InChI is InChI=1S/C7H10O4/c1-4(2)5(3-8)6(9)7(10)11/h3-5H,1-2H3,(H,10,11). The van der Waals surface area contributed by atoms with Gasteiger partial charge in [0.05, 0.1) is 5.92 Å².